The molecular weight excluding hydrogens is 314 g/mol. The largest absolute Gasteiger partial charge is 0.381 e. The van der Waals surface area contributed by atoms with Crippen LogP contribution in [0.4, 0.5) is 11.5 Å². The Bertz CT molecular complexity index is 476. The van der Waals surface area contributed by atoms with Crippen LogP contribution < -0.4 is 5.32 Å². The molecule has 1 aromatic heterocycles. The van der Waals surface area contributed by atoms with Crippen molar-refractivity contribution in [1.29, 1.82) is 0 Å². The van der Waals surface area contributed by atoms with Crippen LogP contribution in [0, 0.1) is 23.0 Å². The Morgan fingerprint density at radius 1 is 1.68 bits per heavy atom. The highest BCUT2D eigenvalue weighted by Crippen LogP contribution is 2.30. The van der Waals surface area contributed by atoms with E-state index < -0.39 is 4.92 Å². The molecule has 0 aliphatic carbocycles. The monoisotopic (exact) mass is 329 g/mol. The van der Waals surface area contributed by atoms with E-state index >= 15 is 0 Å². The zero-order valence-electron chi connectivity index (χ0n) is 10.7. The third-order valence-corrected chi connectivity index (χ3v) is 4.22. The Morgan fingerprint density at radius 2 is 2.47 bits per heavy atom. The number of nitrogens with one attached hydrogen (secondary N) is 1. The third kappa shape index (κ3) is 3.42. The Labute approximate surface area is 119 Å². The first kappa shape index (κ1) is 14.2. The van der Waals surface area contributed by atoms with Gasteiger partial charge >= 0.3 is 0 Å². The second-order valence-corrected chi connectivity index (χ2v) is 5.45. The molecule has 1 aliphatic rings. The number of rotatable bonds is 4. The quantitative estimate of drug-likeness (QED) is 0.678. The number of aromatic nitrogens is 1. The van der Waals surface area contributed by atoms with E-state index in [4.69, 9.17) is 4.74 Å². The highest BCUT2D eigenvalue weighted by Gasteiger charge is 2.18. The number of anilines is 1. The Balaban J connectivity index is 2.04. The lowest BCUT2D eigenvalue weighted by Gasteiger charge is -2.22. The van der Waals surface area contributed by atoms with Gasteiger partial charge < -0.3 is 10.1 Å². The van der Waals surface area contributed by atoms with Crippen molar-refractivity contribution in [3.05, 3.63) is 26.3 Å². The molecule has 1 atom stereocenters. The number of nitrogens with zero attached hydrogens (tertiary/aromatic N) is 2. The van der Waals surface area contributed by atoms with Crippen LogP contribution in [-0.4, -0.2) is 29.7 Å². The molecule has 7 heteroatoms. The van der Waals surface area contributed by atoms with E-state index in [-0.39, 0.29) is 5.69 Å². The maximum absolute atomic E-state index is 10.8. The number of hydrogen-bond donors (Lipinski definition) is 1. The second kappa shape index (κ2) is 6.29. The van der Waals surface area contributed by atoms with Gasteiger partial charge in [-0.3, -0.25) is 10.1 Å². The molecule has 19 heavy (non-hydrogen) atoms. The van der Waals surface area contributed by atoms with Gasteiger partial charge in [0.2, 0.25) is 0 Å². The van der Waals surface area contributed by atoms with Crippen LogP contribution in [0.5, 0.6) is 0 Å². The molecule has 2 rings (SSSR count). The van der Waals surface area contributed by atoms with E-state index in [1.54, 1.807) is 6.92 Å². The van der Waals surface area contributed by atoms with Crippen LogP contribution in [0.3, 0.4) is 0 Å². The molecule has 0 saturated carbocycles. The van der Waals surface area contributed by atoms with Crippen molar-refractivity contribution in [1.82, 2.24) is 4.98 Å². The molecule has 1 N–H and O–H groups in total. The fourth-order valence-corrected chi connectivity index (χ4v) is 2.53. The Kier molecular flexibility index (Phi) is 4.71. The standard InChI is InChI=1S/C12H16BrN3O3/c1-8-10(16(17)18)6-15-12(11(8)13)14-5-9-3-2-4-19-7-9/h6,9H,2-5,7H2,1H3,(H,14,15). The fourth-order valence-electron chi connectivity index (χ4n) is 2.09. The van der Waals surface area contributed by atoms with Gasteiger partial charge in [0.15, 0.2) is 0 Å². The highest BCUT2D eigenvalue weighted by atomic mass is 79.9. The van der Waals surface area contributed by atoms with Crippen molar-refractivity contribution in [2.75, 3.05) is 25.1 Å². The summed E-state index contributed by atoms with van der Waals surface area (Å²) in [6.45, 7) is 4.08. The molecule has 2 heterocycles. The fraction of sp³-hybridized carbons (Fsp3) is 0.583. The number of pyridine rings is 1. The molecule has 104 valence electrons. The third-order valence-electron chi connectivity index (χ3n) is 3.25. The van der Waals surface area contributed by atoms with Crippen molar-refractivity contribution in [3.8, 4) is 0 Å². The molecule has 0 aromatic carbocycles. The average Bonchev–Trinajstić information content (AvgIpc) is 2.41. The minimum atomic E-state index is -0.425. The van der Waals surface area contributed by atoms with Gasteiger partial charge in [0.1, 0.15) is 12.0 Å². The maximum Gasteiger partial charge on any atom is 0.291 e. The molecule has 0 spiro atoms. The van der Waals surface area contributed by atoms with Gasteiger partial charge in [-0.2, -0.15) is 0 Å². The van der Waals surface area contributed by atoms with E-state index in [9.17, 15) is 10.1 Å². The summed E-state index contributed by atoms with van der Waals surface area (Å²) in [6.07, 6.45) is 3.51. The Hall–Kier alpha value is -1.21. The van der Waals surface area contributed by atoms with Crippen molar-refractivity contribution in [3.63, 3.8) is 0 Å². The SMILES string of the molecule is Cc1c([N+](=O)[O-])cnc(NCC2CCCOC2)c1Br. The van der Waals surface area contributed by atoms with Crippen LogP contribution in [0.2, 0.25) is 0 Å². The number of halogens is 1. The number of ether oxygens (including phenoxy) is 1. The molecule has 1 fully saturated rings. The van der Waals surface area contributed by atoms with Gasteiger partial charge in [0, 0.05) is 18.7 Å². The van der Waals surface area contributed by atoms with Crippen molar-refractivity contribution >= 4 is 27.4 Å². The zero-order chi connectivity index (χ0) is 13.8. The molecular formula is C12H16BrN3O3. The van der Waals surface area contributed by atoms with Crippen molar-refractivity contribution in [2.24, 2.45) is 5.92 Å². The number of hydrogen-bond acceptors (Lipinski definition) is 5. The molecule has 1 aliphatic heterocycles. The van der Waals surface area contributed by atoms with E-state index in [1.807, 2.05) is 0 Å². The van der Waals surface area contributed by atoms with Crippen molar-refractivity contribution < 1.29 is 9.66 Å². The minimum absolute atomic E-state index is 0.0263. The van der Waals surface area contributed by atoms with Crippen LogP contribution in [0.15, 0.2) is 10.7 Å². The van der Waals surface area contributed by atoms with Gasteiger partial charge in [-0.1, -0.05) is 0 Å². The van der Waals surface area contributed by atoms with Gasteiger partial charge in [-0.15, -0.1) is 0 Å². The lowest BCUT2D eigenvalue weighted by molar-refractivity contribution is -0.385. The summed E-state index contributed by atoms with van der Waals surface area (Å²) in [5, 5.41) is 14.0. The number of nitro groups is 1. The summed E-state index contributed by atoms with van der Waals surface area (Å²) >= 11 is 3.36. The van der Waals surface area contributed by atoms with Crippen molar-refractivity contribution in [2.45, 2.75) is 19.8 Å². The highest BCUT2D eigenvalue weighted by molar-refractivity contribution is 9.10. The molecule has 1 saturated heterocycles. The first-order valence-corrected chi connectivity index (χ1v) is 7.00. The summed E-state index contributed by atoms with van der Waals surface area (Å²) in [4.78, 5) is 14.5. The molecule has 1 aromatic rings. The molecule has 0 radical (unpaired) electrons. The summed E-state index contributed by atoms with van der Waals surface area (Å²) < 4.78 is 6.06. The zero-order valence-corrected chi connectivity index (χ0v) is 12.3. The van der Waals surface area contributed by atoms with E-state index in [1.165, 1.54) is 6.20 Å². The van der Waals surface area contributed by atoms with Gasteiger partial charge in [0.05, 0.1) is 16.0 Å². The van der Waals surface area contributed by atoms with Gasteiger partial charge in [0.25, 0.3) is 5.69 Å². The topological polar surface area (TPSA) is 77.3 Å². The summed E-state index contributed by atoms with van der Waals surface area (Å²) in [5.41, 5.74) is 0.612. The smallest absolute Gasteiger partial charge is 0.291 e. The molecule has 1 unspecified atom stereocenters. The lowest BCUT2D eigenvalue weighted by atomic mass is 10.0. The molecule has 6 nitrogen and oxygen atoms in total. The predicted octanol–water partition coefficient (Wildman–Crippen LogP) is 2.90. The summed E-state index contributed by atoms with van der Waals surface area (Å²) in [6, 6.07) is 0. The van der Waals surface area contributed by atoms with Crippen LogP contribution in [0.1, 0.15) is 18.4 Å². The second-order valence-electron chi connectivity index (χ2n) is 4.65. The minimum Gasteiger partial charge on any atom is -0.381 e. The molecule has 0 bridgehead atoms. The maximum atomic E-state index is 10.8. The normalized spacial score (nSPS) is 19.2. The van der Waals surface area contributed by atoms with Gasteiger partial charge in [-0.25, -0.2) is 4.98 Å². The van der Waals surface area contributed by atoms with E-state index in [0.717, 1.165) is 32.6 Å². The predicted molar refractivity (Wildman–Crippen MR) is 75.4 cm³/mol. The Morgan fingerprint density at radius 3 is 3.11 bits per heavy atom. The summed E-state index contributed by atoms with van der Waals surface area (Å²) in [5.74, 6) is 1.12. The lowest BCUT2D eigenvalue weighted by Crippen LogP contribution is -2.24. The van der Waals surface area contributed by atoms with Crippen LogP contribution >= 0.6 is 15.9 Å². The van der Waals surface area contributed by atoms with E-state index in [0.29, 0.717) is 21.8 Å². The molecule has 0 amide bonds. The van der Waals surface area contributed by atoms with Gasteiger partial charge in [-0.05, 0) is 41.6 Å². The van der Waals surface area contributed by atoms with E-state index in [2.05, 4.69) is 26.2 Å². The van der Waals surface area contributed by atoms with Crippen LogP contribution in [-0.2, 0) is 4.74 Å². The first-order chi connectivity index (χ1) is 9.09. The summed E-state index contributed by atoms with van der Waals surface area (Å²) in [7, 11) is 0. The average molecular weight is 330 g/mol. The van der Waals surface area contributed by atoms with Crippen LogP contribution in [0.25, 0.3) is 0 Å². The first-order valence-electron chi connectivity index (χ1n) is 6.20.